The Hall–Kier alpha value is -0.0800. The Morgan fingerprint density at radius 2 is 1.83 bits per heavy atom. The van der Waals surface area contributed by atoms with Crippen molar-refractivity contribution in [2.45, 2.75) is 84.2 Å². The summed E-state index contributed by atoms with van der Waals surface area (Å²) in [5, 5.41) is 9.02. The minimum Gasteiger partial charge on any atom is -0.394 e. The number of fused-ring (bicyclic) bond motifs is 5. The quantitative estimate of drug-likeness (QED) is 0.809. The second kappa shape index (κ2) is 6.02. The fourth-order valence-electron chi connectivity index (χ4n) is 7.58. The van der Waals surface area contributed by atoms with Gasteiger partial charge in [-0.2, -0.15) is 0 Å². The lowest BCUT2D eigenvalue weighted by molar-refractivity contribution is -0.131. The molecular weight excluding hydrogens is 284 g/mol. The summed E-state index contributed by atoms with van der Waals surface area (Å²) in [6.07, 6.45) is 14.6. The van der Waals surface area contributed by atoms with Crippen molar-refractivity contribution >= 4 is 0 Å². The normalized spacial score (nSPS) is 52.6. The maximum absolute atomic E-state index is 9.02. The third-order valence-electron chi connectivity index (χ3n) is 8.84. The SMILES string of the molecule is C[C@]12CCC[C@@H]1[C@@H]1CC[C@H]3C[C@H](OCCO)CC[C@]3(C)[C@H]1CC2. The van der Waals surface area contributed by atoms with Gasteiger partial charge in [-0.1, -0.05) is 20.3 Å². The van der Waals surface area contributed by atoms with Crippen molar-refractivity contribution in [3.05, 3.63) is 0 Å². The molecule has 7 atom stereocenters. The van der Waals surface area contributed by atoms with E-state index in [0.717, 1.165) is 23.7 Å². The van der Waals surface area contributed by atoms with Crippen molar-refractivity contribution < 1.29 is 9.84 Å². The number of hydrogen-bond donors (Lipinski definition) is 1. The highest BCUT2D eigenvalue weighted by atomic mass is 16.5. The molecule has 0 aromatic heterocycles. The van der Waals surface area contributed by atoms with Crippen molar-refractivity contribution in [3.8, 4) is 0 Å². The molecule has 0 aromatic carbocycles. The number of rotatable bonds is 3. The van der Waals surface area contributed by atoms with Crippen molar-refractivity contribution in [1.82, 2.24) is 0 Å². The van der Waals surface area contributed by atoms with Crippen LogP contribution >= 0.6 is 0 Å². The van der Waals surface area contributed by atoms with Crippen LogP contribution in [0.25, 0.3) is 0 Å². The minimum absolute atomic E-state index is 0.170. The maximum Gasteiger partial charge on any atom is 0.0701 e. The van der Waals surface area contributed by atoms with Crippen LogP contribution in [0.15, 0.2) is 0 Å². The molecule has 4 rings (SSSR count). The first-order valence-corrected chi connectivity index (χ1v) is 10.3. The minimum atomic E-state index is 0.170. The molecule has 0 aliphatic heterocycles. The first-order valence-electron chi connectivity index (χ1n) is 10.3. The molecule has 4 fully saturated rings. The largest absolute Gasteiger partial charge is 0.394 e. The number of aliphatic hydroxyl groups is 1. The van der Waals surface area contributed by atoms with Crippen molar-refractivity contribution in [2.75, 3.05) is 13.2 Å². The smallest absolute Gasteiger partial charge is 0.0701 e. The molecule has 4 saturated carbocycles. The molecule has 0 bridgehead atoms. The van der Waals surface area contributed by atoms with Crippen molar-refractivity contribution in [2.24, 2.45) is 34.5 Å². The van der Waals surface area contributed by atoms with Gasteiger partial charge in [-0.25, -0.2) is 0 Å². The van der Waals surface area contributed by atoms with Gasteiger partial charge in [-0.15, -0.1) is 0 Å². The Balaban J connectivity index is 1.49. The molecule has 2 heteroatoms. The number of hydrogen-bond acceptors (Lipinski definition) is 2. The second-order valence-corrected chi connectivity index (χ2v) is 9.73. The lowest BCUT2D eigenvalue weighted by Gasteiger charge is -2.60. The fourth-order valence-corrected chi connectivity index (χ4v) is 7.58. The van der Waals surface area contributed by atoms with Crippen LogP contribution in [0.1, 0.15) is 78.1 Å². The van der Waals surface area contributed by atoms with Gasteiger partial charge in [-0.05, 0) is 92.3 Å². The zero-order chi connectivity index (χ0) is 16.1. The summed E-state index contributed by atoms with van der Waals surface area (Å²) in [5.74, 6) is 3.90. The van der Waals surface area contributed by atoms with E-state index in [9.17, 15) is 0 Å². The first-order chi connectivity index (χ1) is 11.1. The van der Waals surface area contributed by atoms with Crippen LogP contribution in [0.3, 0.4) is 0 Å². The molecule has 4 aliphatic carbocycles. The summed E-state index contributed by atoms with van der Waals surface area (Å²) >= 11 is 0. The fraction of sp³-hybridized carbons (Fsp3) is 1.00. The highest BCUT2D eigenvalue weighted by molar-refractivity contribution is 5.07. The zero-order valence-corrected chi connectivity index (χ0v) is 15.2. The standard InChI is InChI=1S/C21H36O2/c1-20-9-3-4-18(20)17-6-5-15-14-16(23-13-12-22)7-11-21(15,2)19(17)8-10-20/h15-19,22H,3-14H2,1-2H3/t15-,16+,17-,18+,19-,20+,21-/m0/s1. The van der Waals surface area contributed by atoms with Crippen LogP contribution < -0.4 is 0 Å². The van der Waals surface area contributed by atoms with E-state index in [1.165, 1.54) is 64.2 Å². The molecule has 0 unspecified atom stereocenters. The predicted molar refractivity (Wildman–Crippen MR) is 93.2 cm³/mol. The Labute approximate surface area is 142 Å². The van der Waals surface area contributed by atoms with E-state index in [0.29, 0.717) is 23.5 Å². The highest BCUT2D eigenvalue weighted by Crippen LogP contribution is 2.66. The van der Waals surface area contributed by atoms with Gasteiger partial charge < -0.3 is 9.84 Å². The van der Waals surface area contributed by atoms with E-state index in [1.54, 1.807) is 0 Å². The van der Waals surface area contributed by atoms with Crippen molar-refractivity contribution in [3.63, 3.8) is 0 Å². The van der Waals surface area contributed by atoms with E-state index in [4.69, 9.17) is 9.84 Å². The summed E-state index contributed by atoms with van der Waals surface area (Å²) in [6.45, 7) is 5.94. The topological polar surface area (TPSA) is 29.5 Å². The van der Waals surface area contributed by atoms with E-state index in [-0.39, 0.29) is 6.61 Å². The van der Waals surface area contributed by atoms with Crippen LogP contribution in [0.2, 0.25) is 0 Å². The number of ether oxygens (including phenoxy) is 1. The maximum atomic E-state index is 9.02. The number of aliphatic hydroxyl groups excluding tert-OH is 1. The Morgan fingerprint density at radius 3 is 2.65 bits per heavy atom. The van der Waals surface area contributed by atoms with Gasteiger partial charge in [-0.3, -0.25) is 0 Å². The van der Waals surface area contributed by atoms with Gasteiger partial charge in [0.2, 0.25) is 0 Å². The summed E-state index contributed by atoms with van der Waals surface area (Å²) in [4.78, 5) is 0. The van der Waals surface area contributed by atoms with E-state index < -0.39 is 0 Å². The molecule has 132 valence electrons. The average Bonchev–Trinajstić information content (AvgIpc) is 2.94. The summed E-state index contributed by atoms with van der Waals surface area (Å²) in [6, 6.07) is 0. The third kappa shape index (κ3) is 2.59. The predicted octanol–water partition coefficient (Wildman–Crippen LogP) is 4.80. The van der Waals surface area contributed by atoms with Crippen LogP contribution in [0.4, 0.5) is 0 Å². The van der Waals surface area contributed by atoms with Gasteiger partial charge in [0.1, 0.15) is 0 Å². The van der Waals surface area contributed by atoms with Crippen LogP contribution in [-0.4, -0.2) is 24.4 Å². The molecular formula is C21H36O2. The summed E-state index contributed by atoms with van der Waals surface area (Å²) in [5.41, 5.74) is 1.26. The average molecular weight is 321 g/mol. The Morgan fingerprint density at radius 1 is 0.957 bits per heavy atom. The molecule has 23 heavy (non-hydrogen) atoms. The molecule has 0 saturated heterocycles. The van der Waals surface area contributed by atoms with Crippen LogP contribution in [-0.2, 0) is 4.74 Å². The van der Waals surface area contributed by atoms with Gasteiger partial charge in [0.25, 0.3) is 0 Å². The zero-order valence-electron chi connectivity index (χ0n) is 15.2. The molecule has 4 aliphatic rings. The molecule has 2 nitrogen and oxygen atoms in total. The van der Waals surface area contributed by atoms with Gasteiger partial charge >= 0.3 is 0 Å². The van der Waals surface area contributed by atoms with Crippen molar-refractivity contribution in [1.29, 1.82) is 0 Å². The summed E-state index contributed by atoms with van der Waals surface area (Å²) < 4.78 is 5.90. The molecule has 0 spiro atoms. The molecule has 0 aromatic rings. The molecule has 0 radical (unpaired) electrons. The van der Waals surface area contributed by atoms with Crippen LogP contribution in [0, 0.1) is 34.5 Å². The van der Waals surface area contributed by atoms with E-state index in [2.05, 4.69) is 13.8 Å². The molecule has 0 heterocycles. The van der Waals surface area contributed by atoms with Gasteiger partial charge in [0.05, 0.1) is 19.3 Å². The Bertz CT molecular complexity index is 436. The Kier molecular flexibility index (Phi) is 4.29. The molecule has 1 N–H and O–H groups in total. The second-order valence-electron chi connectivity index (χ2n) is 9.73. The lowest BCUT2D eigenvalue weighted by atomic mass is 9.45. The van der Waals surface area contributed by atoms with Gasteiger partial charge in [0, 0.05) is 0 Å². The monoisotopic (exact) mass is 320 g/mol. The van der Waals surface area contributed by atoms with E-state index in [1.807, 2.05) is 0 Å². The lowest BCUT2D eigenvalue weighted by Crippen LogP contribution is -2.53. The van der Waals surface area contributed by atoms with E-state index >= 15 is 0 Å². The molecule has 0 amide bonds. The third-order valence-corrected chi connectivity index (χ3v) is 8.84. The summed E-state index contributed by atoms with van der Waals surface area (Å²) in [7, 11) is 0. The first kappa shape index (κ1) is 16.4. The highest BCUT2D eigenvalue weighted by Gasteiger charge is 2.57. The van der Waals surface area contributed by atoms with Crippen LogP contribution in [0.5, 0.6) is 0 Å². The van der Waals surface area contributed by atoms with Gasteiger partial charge in [0.15, 0.2) is 0 Å².